The fourth-order valence-electron chi connectivity index (χ4n) is 2.11. The molecule has 0 aliphatic heterocycles. The molecule has 2 rings (SSSR count). The Hall–Kier alpha value is -2.64. The van der Waals surface area contributed by atoms with Gasteiger partial charge in [0, 0.05) is 17.7 Å². The van der Waals surface area contributed by atoms with E-state index in [0.717, 1.165) is 5.56 Å². The molecule has 0 heterocycles. The van der Waals surface area contributed by atoms with Gasteiger partial charge in [-0.1, -0.05) is 23.7 Å². The Labute approximate surface area is 167 Å². The Morgan fingerprint density at radius 1 is 1.33 bits per heavy atom. The molecule has 2 aromatic rings. The van der Waals surface area contributed by atoms with Gasteiger partial charge in [-0.15, -0.1) is 17.1 Å². The van der Waals surface area contributed by atoms with Crippen LogP contribution in [0, 0.1) is 5.82 Å². The molecule has 0 radical (unpaired) electrons. The largest absolute Gasteiger partial charge is 0.493 e. The quantitative estimate of drug-likeness (QED) is 0.270. The van der Waals surface area contributed by atoms with Crippen LogP contribution in [0.4, 0.5) is 4.39 Å². The van der Waals surface area contributed by atoms with E-state index in [0.29, 0.717) is 33.7 Å². The van der Waals surface area contributed by atoms with Crippen molar-refractivity contribution in [3.63, 3.8) is 0 Å². The van der Waals surface area contributed by atoms with Gasteiger partial charge < -0.3 is 14.8 Å². The van der Waals surface area contributed by atoms with E-state index in [1.807, 2.05) is 6.07 Å². The third kappa shape index (κ3) is 6.23. The fraction of sp³-hybridized carbons (Fsp3) is 0.158. The third-order valence-electron chi connectivity index (χ3n) is 3.45. The predicted octanol–water partition coefficient (Wildman–Crippen LogP) is 2.13. The van der Waals surface area contributed by atoms with Gasteiger partial charge in [0.2, 0.25) is 5.11 Å². The van der Waals surface area contributed by atoms with Crippen molar-refractivity contribution in [3.8, 4) is 11.5 Å². The molecular formula is C19H20ClFN3O2S+. The van der Waals surface area contributed by atoms with Crippen molar-refractivity contribution in [2.24, 2.45) is 0 Å². The van der Waals surface area contributed by atoms with Gasteiger partial charge in [0.1, 0.15) is 12.4 Å². The lowest BCUT2D eigenvalue weighted by Gasteiger charge is -2.12. The molecule has 142 valence electrons. The minimum Gasteiger partial charge on any atom is -0.493 e. The van der Waals surface area contributed by atoms with Crippen LogP contribution in [0.5, 0.6) is 11.5 Å². The Morgan fingerprint density at radius 3 is 2.85 bits per heavy atom. The number of thiocarbonyl (C=S) groups is 1. The highest BCUT2D eigenvalue weighted by molar-refractivity contribution is 7.80. The smallest absolute Gasteiger partial charge is 0.224 e. The van der Waals surface area contributed by atoms with E-state index in [1.54, 1.807) is 36.6 Å². The van der Waals surface area contributed by atoms with Crippen LogP contribution < -0.4 is 25.3 Å². The predicted molar refractivity (Wildman–Crippen MR) is 109 cm³/mol. The molecule has 0 amide bonds. The normalized spacial score (nSPS) is 10.5. The lowest BCUT2D eigenvalue weighted by molar-refractivity contribution is -0.500. The molecule has 0 saturated heterocycles. The first-order valence-electron chi connectivity index (χ1n) is 8.02. The Balaban J connectivity index is 2.03. The molecule has 0 unspecified atom stereocenters. The van der Waals surface area contributed by atoms with E-state index in [4.69, 9.17) is 33.3 Å². The Kier molecular flexibility index (Phi) is 8.03. The topological polar surface area (TPSA) is 56.5 Å². The highest BCUT2D eigenvalue weighted by atomic mass is 35.5. The van der Waals surface area contributed by atoms with E-state index >= 15 is 0 Å². The number of ether oxygens (including phenoxy) is 2. The monoisotopic (exact) mass is 408 g/mol. The maximum Gasteiger partial charge on any atom is 0.224 e. The summed E-state index contributed by atoms with van der Waals surface area (Å²) in [6.45, 7) is 4.16. The van der Waals surface area contributed by atoms with Crippen LogP contribution in [-0.4, -0.2) is 25.0 Å². The van der Waals surface area contributed by atoms with Crippen molar-refractivity contribution in [1.29, 1.82) is 0 Å². The van der Waals surface area contributed by atoms with Gasteiger partial charge in [0.15, 0.2) is 17.7 Å². The van der Waals surface area contributed by atoms with E-state index in [1.165, 1.54) is 13.2 Å². The second kappa shape index (κ2) is 10.5. The fourth-order valence-corrected chi connectivity index (χ4v) is 2.47. The molecule has 8 heteroatoms. The minimum atomic E-state index is -0.414. The van der Waals surface area contributed by atoms with Crippen molar-refractivity contribution in [3.05, 3.63) is 71.0 Å². The number of nitrogens with one attached hydrogen (secondary N) is 3. The molecule has 0 aliphatic carbocycles. The van der Waals surface area contributed by atoms with Crippen LogP contribution >= 0.6 is 23.8 Å². The summed E-state index contributed by atoms with van der Waals surface area (Å²) in [5.74, 6) is 0.568. The SMILES string of the molecule is C=CCNC(=S)N[NH+]=Cc1ccc(OCc2c(F)cccc2Cl)c(OC)c1. The van der Waals surface area contributed by atoms with E-state index in [2.05, 4.69) is 22.4 Å². The van der Waals surface area contributed by atoms with Crippen LogP contribution in [-0.2, 0) is 6.61 Å². The molecule has 0 aromatic heterocycles. The second-order valence-electron chi connectivity index (χ2n) is 5.31. The van der Waals surface area contributed by atoms with Crippen LogP contribution in [0.3, 0.4) is 0 Å². The minimum absolute atomic E-state index is 0.00598. The zero-order valence-corrected chi connectivity index (χ0v) is 16.3. The molecule has 5 nitrogen and oxygen atoms in total. The average molecular weight is 409 g/mol. The molecular weight excluding hydrogens is 389 g/mol. The second-order valence-corrected chi connectivity index (χ2v) is 6.13. The van der Waals surface area contributed by atoms with Crippen molar-refractivity contribution in [1.82, 2.24) is 10.7 Å². The first-order valence-corrected chi connectivity index (χ1v) is 8.81. The standard InChI is InChI=1S/C19H19ClFN3O2S/c1-3-9-22-19(27)24-23-11-13-7-8-17(18(10-13)25-2)26-12-14-15(20)5-4-6-16(14)21/h3-8,10-11H,1,9,12H2,2H3,(H2,22,24,27)/p+1. The van der Waals surface area contributed by atoms with Gasteiger partial charge in [-0.05, 0) is 42.5 Å². The molecule has 0 fully saturated rings. The summed E-state index contributed by atoms with van der Waals surface area (Å²) in [4.78, 5) is 0. The summed E-state index contributed by atoms with van der Waals surface area (Å²) in [6, 6.07) is 9.82. The van der Waals surface area contributed by atoms with Crippen molar-refractivity contribution < 1.29 is 19.0 Å². The number of hydrazone groups is 1. The van der Waals surface area contributed by atoms with Crippen LogP contribution in [0.1, 0.15) is 11.1 Å². The van der Waals surface area contributed by atoms with Gasteiger partial charge >= 0.3 is 0 Å². The number of benzene rings is 2. The summed E-state index contributed by atoms with van der Waals surface area (Å²) in [7, 11) is 1.53. The molecule has 0 bridgehead atoms. The van der Waals surface area contributed by atoms with Gasteiger partial charge in [-0.25, -0.2) is 4.39 Å². The maximum atomic E-state index is 13.8. The van der Waals surface area contributed by atoms with Crippen LogP contribution in [0.2, 0.25) is 5.02 Å². The molecule has 0 saturated carbocycles. The van der Waals surface area contributed by atoms with E-state index in [9.17, 15) is 4.39 Å². The Morgan fingerprint density at radius 2 is 2.15 bits per heavy atom. The first-order chi connectivity index (χ1) is 13.0. The first kappa shape index (κ1) is 20.7. The van der Waals surface area contributed by atoms with Gasteiger partial charge in [-0.3, -0.25) is 0 Å². The molecule has 0 aliphatic rings. The van der Waals surface area contributed by atoms with Crippen LogP contribution in [0.25, 0.3) is 0 Å². The number of methoxy groups -OCH3 is 1. The summed E-state index contributed by atoms with van der Waals surface area (Å²) in [6.07, 6.45) is 3.41. The molecule has 27 heavy (non-hydrogen) atoms. The number of rotatable bonds is 8. The third-order valence-corrected chi connectivity index (χ3v) is 4.05. The van der Waals surface area contributed by atoms with E-state index in [-0.39, 0.29) is 6.61 Å². The number of hydrazine groups is 1. The summed E-state index contributed by atoms with van der Waals surface area (Å²) in [5.41, 5.74) is 3.93. The van der Waals surface area contributed by atoms with Crippen LogP contribution in [0.15, 0.2) is 49.1 Å². The highest BCUT2D eigenvalue weighted by Crippen LogP contribution is 2.29. The van der Waals surface area contributed by atoms with Crippen molar-refractivity contribution >= 4 is 35.1 Å². The Bertz CT molecular complexity index is 825. The van der Waals surface area contributed by atoms with Crippen molar-refractivity contribution in [2.45, 2.75) is 6.61 Å². The summed E-state index contributed by atoms with van der Waals surface area (Å²) in [5, 5.41) is 6.56. The zero-order valence-electron chi connectivity index (χ0n) is 14.7. The van der Waals surface area contributed by atoms with E-state index < -0.39 is 5.82 Å². The zero-order chi connectivity index (χ0) is 19.6. The summed E-state index contributed by atoms with van der Waals surface area (Å²) >= 11 is 11.1. The maximum absolute atomic E-state index is 13.8. The summed E-state index contributed by atoms with van der Waals surface area (Å²) < 4.78 is 24.9. The van der Waals surface area contributed by atoms with Gasteiger partial charge in [0.05, 0.1) is 12.1 Å². The molecule has 0 atom stereocenters. The molecule has 3 N–H and O–H groups in total. The van der Waals surface area contributed by atoms with Gasteiger partial charge in [-0.2, -0.15) is 0 Å². The number of hydrogen-bond acceptors (Lipinski definition) is 3. The lowest BCUT2D eigenvalue weighted by atomic mass is 10.2. The molecule has 2 aromatic carbocycles. The average Bonchev–Trinajstić information content (AvgIpc) is 2.66. The van der Waals surface area contributed by atoms with Gasteiger partial charge in [0.25, 0.3) is 0 Å². The highest BCUT2D eigenvalue weighted by Gasteiger charge is 2.11. The number of hydrogen-bond donors (Lipinski definition) is 3. The number of halogens is 2. The molecule has 0 spiro atoms. The van der Waals surface area contributed by atoms with Crippen molar-refractivity contribution in [2.75, 3.05) is 13.7 Å². The lowest BCUT2D eigenvalue weighted by Crippen LogP contribution is -2.82.